The average Bonchev–Trinajstić information content (AvgIpc) is 2.27. The zero-order valence-electron chi connectivity index (χ0n) is 9.57. The number of aromatic hydroxyl groups is 1. The van der Waals surface area contributed by atoms with Crippen LogP contribution < -0.4 is 5.32 Å². The molecule has 4 N–H and O–H groups in total. The molecule has 1 aromatic rings. The van der Waals surface area contributed by atoms with E-state index in [-0.39, 0.29) is 6.54 Å². The van der Waals surface area contributed by atoms with Crippen LogP contribution in [0.15, 0.2) is 18.2 Å². The minimum absolute atomic E-state index is 0.0562. The minimum Gasteiger partial charge on any atom is -0.508 e. The van der Waals surface area contributed by atoms with Gasteiger partial charge in [0.05, 0.1) is 11.7 Å². The fraction of sp³-hybridized carbons (Fsp3) is 0.455. The number of nitrogens with one attached hydrogen (secondary N) is 1. The molecule has 0 heterocycles. The van der Waals surface area contributed by atoms with Gasteiger partial charge in [0.2, 0.25) is 0 Å². The number of rotatable bonds is 4. The SMILES string of the molecule is CNCC(O)C(O)c1ccc(O)cc1C(F)(F)F. The first-order valence-electron chi connectivity index (χ1n) is 5.18. The molecule has 4 nitrogen and oxygen atoms in total. The van der Waals surface area contributed by atoms with E-state index in [0.29, 0.717) is 6.07 Å². The molecule has 7 heteroatoms. The minimum atomic E-state index is -4.71. The average molecular weight is 265 g/mol. The molecule has 0 saturated heterocycles. The molecule has 0 radical (unpaired) electrons. The van der Waals surface area contributed by atoms with Crippen molar-refractivity contribution in [2.24, 2.45) is 0 Å². The number of benzene rings is 1. The van der Waals surface area contributed by atoms with Gasteiger partial charge in [0.25, 0.3) is 0 Å². The molecule has 0 bridgehead atoms. The van der Waals surface area contributed by atoms with Crippen LogP contribution in [0.1, 0.15) is 17.2 Å². The molecule has 102 valence electrons. The topological polar surface area (TPSA) is 72.7 Å². The third-order valence-electron chi connectivity index (χ3n) is 2.44. The summed E-state index contributed by atoms with van der Waals surface area (Å²) in [7, 11) is 1.50. The maximum absolute atomic E-state index is 12.7. The Labute approximate surface area is 102 Å². The Morgan fingerprint density at radius 2 is 1.89 bits per heavy atom. The van der Waals surface area contributed by atoms with Crippen molar-refractivity contribution in [3.63, 3.8) is 0 Å². The number of phenolic OH excluding ortho intramolecular Hbond substituents is 1. The first kappa shape index (κ1) is 14.7. The summed E-state index contributed by atoms with van der Waals surface area (Å²) in [6.45, 7) is -0.0562. The van der Waals surface area contributed by atoms with Crippen LogP contribution in [0.5, 0.6) is 5.75 Å². The summed E-state index contributed by atoms with van der Waals surface area (Å²) in [6, 6.07) is 2.49. The smallest absolute Gasteiger partial charge is 0.416 e. The van der Waals surface area contributed by atoms with E-state index >= 15 is 0 Å². The zero-order valence-corrected chi connectivity index (χ0v) is 9.57. The maximum Gasteiger partial charge on any atom is 0.416 e. The van der Waals surface area contributed by atoms with Gasteiger partial charge in [0.1, 0.15) is 11.9 Å². The predicted molar refractivity (Wildman–Crippen MR) is 58.0 cm³/mol. The number of likely N-dealkylation sites (N-methyl/N-ethyl adjacent to an activating group) is 1. The molecule has 1 rings (SSSR count). The van der Waals surface area contributed by atoms with E-state index in [2.05, 4.69) is 5.32 Å². The summed E-state index contributed by atoms with van der Waals surface area (Å²) >= 11 is 0. The van der Waals surface area contributed by atoms with E-state index in [1.165, 1.54) is 7.05 Å². The Balaban J connectivity index is 3.15. The molecule has 0 aliphatic rings. The Kier molecular flexibility index (Phi) is 4.55. The Bertz CT molecular complexity index is 409. The van der Waals surface area contributed by atoms with Crippen LogP contribution in [0.25, 0.3) is 0 Å². The number of hydrogen-bond donors (Lipinski definition) is 4. The maximum atomic E-state index is 12.7. The molecule has 2 unspecified atom stereocenters. The van der Waals surface area contributed by atoms with Crippen molar-refractivity contribution in [2.75, 3.05) is 13.6 Å². The molecule has 2 atom stereocenters. The highest BCUT2D eigenvalue weighted by molar-refractivity contribution is 5.38. The zero-order chi connectivity index (χ0) is 13.9. The van der Waals surface area contributed by atoms with E-state index in [1.54, 1.807) is 0 Å². The van der Waals surface area contributed by atoms with Crippen molar-refractivity contribution in [3.8, 4) is 5.75 Å². The van der Waals surface area contributed by atoms with Crippen molar-refractivity contribution in [2.45, 2.75) is 18.4 Å². The molecule has 0 saturated carbocycles. The van der Waals surface area contributed by atoms with Gasteiger partial charge in [0, 0.05) is 6.54 Å². The van der Waals surface area contributed by atoms with E-state index in [4.69, 9.17) is 5.11 Å². The second-order valence-electron chi connectivity index (χ2n) is 3.84. The third kappa shape index (κ3) is 3.34. The molecular weight excluding hydrogens is 251 g/mol. The summed E-state index contributed by atoms with van der Waals surface area (Å²) in [6.07, 6.45) is -7.77. The number of alkyl halides is 3. The van der Waals surface area contributed by atoms with Crippen molar-refractivity contribution >= 4 is 0 Å². The van der Waals surface area contributed by atoms with Crippen molar-refractivity contribution in [1.29, 1.82) is 0 Å². The first-order valence-corrected chi connectivity index (χ1v) is 5.18. The highest BCUT2D eigenvalue weighted by atomic mass is 19.4. The van der Waals surface area contributed by atoms with Crippen LogP contribution in [-0.4, -0.2) is 35.0 Å². The number of hydrogen-bond acceptors (Lipinski definition) is 4. The van der Waals surface area contributed by atoms with Gasteiger partial charge in [-0.05, 0) is 24.7 Å². The Morgan fingerprint density at radius 3 is 2.39 bits per heavy atom. The standard InChI is InChI=1S/C11H14F3NO3/c1-15-5-9(17)10(18)7-3-2-6(16)4-8(7)11(12,13)14/h2-4,9-10,15-18H,5H2,1H3. The van der Waals surface area contributed by atoms with Crippen LogP contribution >= 0.6 is 0 Å². The highest BCUT2D eigenvalue weighted by Gasteiger charge is 2.36. The fourth-order valence-electron chi connectivity index (χ4n) is 1.58. The number of aliphatic hydroxyl groups is 2. The normalized spacial score (nSPS) is 15.4. The van der Waals surface area contributed by atoms with Crippen LogP contribution in [0, 0.1) is 0 Å². The van der Waals surface area contributed by atoms with Gasteiger partial charge in [-0.1, -0.05) is 6.07 Å². The van der Waals surface area contributed by atoms with Gasteiger partial charge in [0.15, 0.2) is 0 Å². The first-order chi connectivity index (χ1) is 8.27. The van der Waals surface area contributed by atoms with E-state index in [1.807, 2.05) is 0 Å². The molecule has 0 aliphatic heterocycles. The quantitative estimate of drug-likeness (QED) is 0.656. The summed E-state index contributed by atoms with van der Waals surface area (Å²) < 4.78 is 38.2. The molecule has 0 spiro atoms. The fourth-order valence-corrected chi connectivity index (χ4v) is 1.58. The molecule has 0 aromatic heterocycles. The molecule has 0 amide bonds. The van der Waals surface area contributed by atoms with Crippen molar-refractivity contribution in [1.82, 2.24) is 5.32 Å². The predicted octanol–water partition coefficient (Wildman–Crippen LogP) is 1.02. The lowest BCUT2D eigenvalue weighted by Gasteiger charge is -2.21. The highest BCUT2D eigenvalue weighted by Crippen LogP contribution is 2.37. The molecule has 18 heavy (non-hydrogen) atoms. The third-order valence-corrected chi connectivity index (χ3v) is 2.44. The van der Waals surface area contributed by atoms with E-state index in [0.717, 1.165) is 12.1 Å². The van der Waals surface area contributed by atoms with Gasteiger partial charge in [-0.25, -0.2) is 0 Å². The number of aliphatic hydroxyl groups excluding tert-OH is 2. The van der Waals surface area contributed by atoms with Crippen LogP contribution in [0.2, 0.25) is 0 Å². The molecule has 0 fully saturated rings. The second-order valence-corrected chi connectivity index (χ2v) is 3.84. The van der Waals surface area contributed by atoms with Crippen LogP contribution in [0.4, 0.5) is 13.2 Å². The van der Waals surface area contributed by atoms with E-state index < -0.39 is 35.3 Å². The molecule has 1 aromatic carbocycles. The van der Waals surface area contributed by atoms with Gasteiger partial charge in [-0.2, -0.15) is 13.2 Å². The van der Waals surface area contributed by atoms with Crippen molar-refractivity contribution in [3.05, 3.63) is 29.3 Å². The second kappa shape index (κ2) is 5.55. The van der Waals surface area contributed by atoms with Crippen molar-refractivity contribution < 1.29 is 28.5 Å². The van der Waals surface area contributed by atoms with Crippen LogP contribution in [-0.2, 0) is 6.18 Å². The summed E-state index contributed by atoms with van der Waals surface area (Å²) in [5, 5.41) is 30.8. The van der Waals surface area contributed by atoms with Gasteiger partial charge >= 0.3 is 6.18 Å². The Hall–Kier alpha value is -1.31. The van der Waals surface area contributed by atoms with E-state index in [9.17, 15) is 23.4 Å². The number of halogens is 3. The van der Waals surface area contributed by atoms with Gasteiger partial charge in [-0.15, -0.1) is 0 Å². The van der Waals surface area contributed by atoms with Crippen LogP contribution in [0.3, 0.4) is 0 Å². The summed E-state index contributed by atoms with van der Waals surface area (Å²) in [4.78, 5) is 0. The van der Waals surface area contributed by atoms with Gasteiger partial charge < -0.3 is 20.6 Å². The summed E-state index contributed by atoms with van der Waals surface area (Å²) in [5.41, 5.74) is -1.63. The molecule has 0 aliphatic carbocycles. The lowest BCUT2D eigenvalue weighted by Crippen LogP contribution is -2.30. The summed E-state index contributed by atoms with van der Waals surface area (Å²) in [5.74, 6) is -0.554. The Morgan fingerprint density at radius 1 is 1.28 bits per heavy atom. The monoisotopic (exact) mass is 265 g/mol. The lowest BCUT2D eigenvalue weighted by molar-refractivity contribution is -0.140. The lowest BCUT2D eigenvalue weighted by atomic mass is 9.98. The molecular formula is C11H14F3NO3. The van der Waals surface area contributed by atoms with Gasteiger partial charge in [-0.3, -0.25) is 0 Å². The number of phenols is 1. The largest absolute Gasteiger partial charge is 0.508 e.